The lowest BCUT2D eigenvalue weighted by molar-refractivity contribution is -0.140. The molecule has 0 radical (unpaired) electrons. The summed E-state index contributed by atoms with van der Waals surface area (Å²) in [4.78, 5) is 24.6. The Morgan fingerprint density at radius 3 is 2.94 bits per heavy atom. The number of amides is 1. The third-order valence-corrected chi connectivity index (χ3v) is 2.56. The molecule has 1 heterocycles. The van der Waals surface area contributed by atoms with Gasteiger partial charge in [-0.2, -0.15) is 0 Å². The number of hydrogen-bond acceptors (Lipinski definition) is 4. The van der Waals surface area contributed by atoms with Crippen molar-refractivity contribution in [3.8, 4) is 0 Å². The molecule has 0 aromatic rings. The Balaban J connectivity index is 2.60. The molecule has 0 aromatic heterocycles. The summed E-state index contributed by atoms with van der Waals surface area (Å²) in [5.41, 5.74) is 0.344. The van der Waals surface area contributed by atoms with Crippen molar-refractivity contribution in [2.75, 3.05) is 19.8 Å². The zero-order valence-corrected chi connectivity index (χ0v) is 9.89. The van der Waals surface area contributed by atoms with Gasteiger partial charge in [-0.15, -0.1) is 6.58 Å². The highest BCUT2D eigenvalue weighted by Crippen LogP contribution is 2.19. The molecule has 0 spiro atoms. The molecule has 0 bridgehead atoms. The van der Waals surface area contributed by atoms with Crippen LogP contribution in [0, 0.1) is 5.92 Å². The van der Waals surface area contributed by atoms with E-state index < -0.39 is 5.97 Å². The van der Waals surface area contributed by atoms with Gasteiger partial charge in [-0.05, 0) is 13.3 Å². The normalized spacial score (nSPS) is 20.6. The van der Waals surface area contributed by atoms with Crippen LogP contribution in [0.5, 0.6) is 0 Å². The van der Waals surface area contributed by atoms with Gasteiger partial charge in [-0.1, -0.05) is 6.08 Å². The summed E-state index contributed by atoms with van der Waals surface area (Å²) in [5, 5.41) is 8.52. The van der Waals surface area contributed by atoms with E-state index in [1.165, 1.54) is 11.1 Å². The number of carbonyl (C=O) groups excluding carboxylic acids is 2. The van der Waals surface area contributed by atoms with E-state index in [4.69, 9.17) is 9.84 Å². The number of rotatable bonds is 5. The molecule has 5 nitrogen and oxygen atoms in total. The van der Waals surface area contributed by atoms with E-state index in [2.05, 4.69) is 6.58 Å². The van der Waals surface area contributed by atoms with E-state index in [0.717, 1.165) is 6.42 Å². The third-order valence-electron chi connectivity index (χ3n) is 2.56. The molecule has 0 aromatic carbocycles. The van der Waals surface area contributed by atoms with E-state index in [1.54, 1.807) is 13.0 Å². The Bertz CT molecular complexity index is 348. The van der Waals surface area contributed by atoms with Gasteiger partial charge < -0.3 is 14.7 Å². The average molecular weight is 239 g/mol. The van der Waals surface area contributed by atoms with E-state index in [9.17, 15) is 9.59 Å². The van der Waals surface area contributed by atoms with Gasteiger partial charge in [0.1, 0.15) is 6.61 Å². The first-order valence-corrected chi connectivity index (χ1v) is 5.49. The number of ether oxygens (including phenoxy) is 1. The van der Waals surface area contributed by atoms with E-state index >= 15 is 0 Å². The van der Waals surface area contributed by atoms with E-state index in [-0.39, 0.29) is 25.0 Å². The second kappa shape index (κ2) is 6.20. The monoisotopic (exact) mass is 239 g/mol. The van der Waals surface area contributed by atoms with Crippen molar-refractivity contribution >= 4 is 11.9 Å². The Kier molecular flexibility index (Phi) is 4.90. The number of aliphatic hydroxyl groups is 1. The summed E-state index contributed by atoms with van der Waals surface area (Å²) in [6.07, 6.45) is 3.83. The lowest BCUT2D eigenvalue weighted by Gasteiger charge is -2.11. The molecule has 0 aliphatic carbocycles. The fourth-order valence-corrected chi connectivity index (χ4v) is 1.61. The van der Waals surface area contributed by atoms with Gasteiger partial charge in [0, 0.05) is 12.7 Å². The molecule has 1 N–H and O–H groups in total. The second-order valence-corrected chi connectivity index (χ2v) is 3.83. The topological polar surface area (TPSA) is 66.8 Å². The van der Waals surface area contributed by atoms with Crippen LogP contribution in [0.2, 0.25) is 0 Å². The van der Waals surface area contributed by atoms with Crippen LogP contribution in [0.4, 0.5) is 0 Å². The van der Waals surface area contributed by atoms with Crippen LogP contribution >= 0.6 is 0 Å². The van der Waals surface area contributed by atoms with Crippen molar-refractivity contribution in [1.82, 2.24) is 4.90 Å². The van der Waals surface area contributed by atoms with Gasteiger partial charge in [0.15, 0.2) is 0 Å². The first-order valence-electron chi connectivity index (χ1n) is 5.49. The molecular formula is C12H17NO4. The minimum absolute atomic E-state index is 0.0345. The number of carbonyl (C=O) groups is 2. The molecule has 1 aliphatic heterocycles. The molecule has 1 atom stereocenters. The van der Waals surface area contributed by atoms with Crippen molar-refractivity contribution in [3.63, 3.8) is 0 Å². The minimum Gasteiger partial charge on any atom is -0.460 e. The maximum Gasteiger partial charge on any atom is 0.335 e. The summed E-state index contributed by atoms with van der Waals surface area (Å²) < 4.78 is 4.74. The molecule has 5 heteroatoms. The van der Waals surface area contributed by atoms with Crippen molar-refractivity contribution in [2.24, 2.45) is 5.92 Å². The average Bonchev–Trinajstić information content (AvgIpc) is 2.67. The van der Waals surface area contributed by atoms with Crippen molar-refractivity contribution in [3.05, 3.63) is 24.4 Å². The zero-order chi connectivity index (χ0) is 12.8. The molecule has 17 heavy (non-hydrogen) atoms. The van der Waals surface area contributed by atoms with Gasteiger partial charge in [0.05, 0.1) is 18.1 Å². The van der Waals surface area contributed by atoms with Crippen molar-refractivity contribution in [2.45, 2.75) is 13.3 Å². The van der Waals surface area contributed by atoms with Crippen LogP contribution in [0.1, 0.15) is 13.3 Å². The number of aliphatic hydroxyl groups excluding tert-OH is 1. The third kappa shape index (κ3) is 3.42. The largest absolute Gasteiger partial charge is 0.460 e. The zero-order valence-electron chi connectivity index (χ0n) is 9.89. The molecule has 1 fully saturated rings. The van der Waals surface area contributed by atoms with Crippen LogP contribution < -0.4 is 0 Å². The van der Waals surface area contributed by atoms with Gasteiger partial charge >= 0.3 is 5.97 Å². The van der Waals surface area contributed by atoms with Crippen molar-refractivity contribution < 1.29 is 19.4 Å². The number of nitrogens with zero attached hydrogens (tertiary/aromatic N) is 1. The Hall–Kier alpha value is -1.62. The van der Waals surface area contributed by atoms with Gasteiger partial charge in [-0.25, -0.2) is 4.79 Å². The van der Waals surface area contributed by atoms with Crippen LogP contribution in [-0.4, -0.2) is 41.6 Å². The summed E-state index contributed by atoms with van der Waals surface area (Å²) in [7, 11) is 0. The molecule has 1 rings (SSSR count). The van der Waals surface area contributed by atoms with Gasteiger partial charge in [0.2, 0.25) is 5.91 Å². The fraction of sp³-hybridized carbons (Fsp3) is 0.500. The van der Waals surface area contributed by atoms with Crippen molar-refractivity contribution in [1.29, 1.82) is 0 Å². The predicted octanol–water partition coefficient (Wildman–Crippen LogP) is 0.460. The molecule has 1 amide bonds. The highest BCUT2D eigenvalue weighted by Gasteiger charge is 2.28. The molecule has 1 aliphatic rings. The lowest BCUT2D eigenvalue weighted by Crippen LogP contribution is -2.23. The van der Waals surface area contributed by atoms with Crippen LogP contribution in [0.3, 0.4) is 0 Å². The Labute approximate surface area is 100 Å². The summed E-state index contributed by atoms with van der Waals surface area (Å²) >= 11 is 0. The second-order valence-electron chi connectivity index (χ2n) is 3.83. The number of esters is 1. The summed E-state index contributed by atoms with van der Waals surface area (Å²) in [6.45, 7) is 5.51. The molecular weight excluding hydrogens is 222 g/mol. The summed E-state index contributed by atoms with van der Waals surface area (Å²) in [6, 6.07) is 0. The molecule has 94 valence electrons. The predicted molar refractivity (Wildman–Crippen MR) is 61.8 cm³/mol. The van der Waals surface area contributed by atoms with Gasteiger partial charge in [0.25, 0.3) is 0 Å². The number of likely N-dealkylation sites (tertiary alicyclic amines) is 1. The summed E-state index contributed by atoms with van der Waals surface area (Å²) in [5.74, 6) is -0.726. The smallest absolute Gasteiger partial charge is 0.335 e. The molecule has 1 unspecified atom stereocenters. The molecule has 1 saturated heterocycles. The highest BCUT2D eigenvalue weighted by atomic mass is 16.5. The molecule has 0 saturated carbocycles. The van der Waals surface area contributed by atoms with Crippen LogP contribution in [0.15, 0.2) is 24.4 Å². The quantitative estimate of drug-likeness (QED) is 0.430. The first kappa shape index (κ1) is 13.4. The van der Waals surface area contributed by atoms with Crippen LogP contribution in [0.25, 0.3) is 0 Å². The van der Waals surface area contributed by atoms with Gasteiger partial charge in [-0.3, -0.25) is 4.79 Å². The Morgan fingerprint density at radius 2 is 2.41 bits per heavy atom. The maximum atomic E-state index is 11.7. The number of hydrogen-bond donors (Lipinski definition) is 1. The van der Waals surface area contributed by atoms with E-state index in [0.29, 0.717) is 12.1 Å². The Morgan fingerprint density at radius 1 is 1.71 bits per heavy atom. The lowest BCUT2D eigenvalue weighted by atomic mass is 10.1. The SMILES string of the molecule is C=CC1CCN(/C=C(\C)C(=O)OCCO)C1=O. The maximum absolute atomic E-state index is 11.7. The van der Waals surface area contributed by atoms with E-state index in [1.807, 2.05) is 0 Å². The fourth-order valence-electron chi connectivity index (χ4n) is 1.61. The van der Waals surface area contributed by atoms with Crippen LogP contribution in [-0.2, 0) is 14.3 Å². The minimum atomic E-state index is -0.520. The first-order chi connectivity index (χ1) is 8.10. The standard InChI is InChI=1S/C12H17NO4/c1-3-10-4-5-13(11(10)15)8-9(2)12(16)17-7-6-14/h3,8,10,14H,1,4-7H2,2H3/b9-8+. The highest BCUT2D eigenvalue weighted by molar-refractivity contribution is 5.89.